The summed E-state index contributed by atoms with van der Waals surface area (Å²) in [6.45, 7) is 2.98. The number of benzene rings is 1. The van der Waals surface area contributed by atoms with Crippen LogP contribution in [0.3, 0.4) is 0 Å². The summed E-state index contributed by atoms with van der Waals surface area (Å²) in [5, 5.41) is 3.46. The second-order valence-corrected chi connectivity index (χ2v) is 5.71. The molecule has 0 aliphatic rings. The number of hydrogen-bond donors (Lipinski definition) is 1. The van der Waals surface area contributed by atoms with Gasteiger partial charge in [-0.3, -0.25) is 4.98 Å². The van der Waals surface area contributed by atoms with E-state index in [2.05, 4.69) is 33.2 Å². The monoisotopic (exact) mass is 336 g/mol. The topological polar surface area (TPSA) is 24.9 Å². The summed E-state index contributed by atoms with van der Waals surface area (Å²) in [5.74, 6) is -0.200. The van der Waals surface area contributed by atoms with E-state index in [9.17, 15) is 4.39 Å². The predicted octanol–water partition coefficient (Wildman–Crippen LogP) is 3.75. The lowest BCUT2D eigenvalue weighted by molar-refractivity contribution is 0.519. The lowest BCUT2D eigenvalue weighted by atomic mass is 9.99. The number of rotatable bonds is 6. The van der Waals surface area contributed by atoms with Gasteiger partial charge in [0.15, 0.2) is 0 Å². The molecule has 4 heteroatoms. The molecule has 20 heavy (non-hydrogen) atoms. The summed E-state index contributed by atoms with van der Waals surface area (Å²) in [6, 6.07) is 9.38. The minimum Gasteiger partial charge on any atom is -0.314 e. The van der Waals surface area contributed by atoms with Gasteiger partial charge in [0.2, 0.25) is 0 Å². The SMILES string of the molecule is CCNC(Cc1ccncc1)Cc1cc(F)cc(Br)c1. The second-order valence-electron chi connectivity index (χ2n) is 4.80. The van der Waals surface area contributed by atoms with Crippen LogP contribution in [0.2, 0.25) is 0 Å². The van der Waals surface area contributed by atoms with Gasteiger partial charge >= 0.3 is 0 Å². The fourth-order valence-electron chi connectivity index (χ4n) is 2.32. The van der Waals surface area contributed by atoms with Gasteiger partial charge in [-0.05, 0) is 60.8 Å². The van der Waals surface area contributed by atoms with Gasteiger partial charge in [0.1, 0.15) is 5.82 Å². The van der Waals surface area contributed by atoms with Crippen molar-refractivity contribution in [2.75, 3.05) is 6.54 Å². The number of halogens is 2. The summed E-state index contributed by atoms with van der Waals surface area (Å²) in [4.78, 5) is 4.03. The highest BCUT2D eigenvalue weighted by Crippen LogP contribution is 2.17. The zero-order valence-corrected chi connectivity index (χ0v) is 13.0. The first-order valence-electron chi connectivity index (χ1n) is 6.74. The molecule has 0 aliphatic carbocycles. The van der Waals surface area contributed by atoms with Crippen LogP contribution >= 0.6 is 15.9 Å². The molecular weight excluding hydrogens is 319 g/mol. The highest BCUT2D eigenvalue weighted by atomic mass is 79.9. The van der Waals surface area contributed by atoms with Gasteiger partial charge in [0.05, 0.1) is 0 Å². The van der Waals surface area contributed by atoms with E-state index in [4.69, 9.17) is 0 Å². The van der Waals surface area contributed by atoms with Crippen molar-refractivity contribution in [3.63, 3.8) is 0 Å². The average Bonchev–Trinajstić information content (AvgIpc) is 2.39. The molecule has 1 N–H and O–H groups in total. The molecule has 0 aliphatic heterocycles. The molecule has 1 atom stereocenters. The van der Waals surface area contributed by atoms with Gasteiger partial charge < -0.3 is 5.32 Å². The van der Waals surface area contributed by atoms with Gasteiger partial charge in [-0.25, -0.2) is 4.39 Å². The van der Waals surface area contributed by atoms with Crippen LogP contribution in [0.25, 0.3) is 0 Å². The molecule has 0 bridgehead atoms. The fourth-order valence-corrected chi connectivity index (χ4v) is 2.83. The molecule has 2 nitrogen and oxygen atoms in total. The molecule has 2 rings (SSSR count). The van der Waals surface area contributed by atoms with E-state index in [0.717, 1.165) is 29.4 Å². The van der Waals surface area contributed by atoms with Crippen molar-refractivity contribution in [3.05, 3.63) is 64.1 Å². The molecular formula is C16H18BrFN2. The van der Waals surface area contributed by atoms with Crippen LogP contribution in [0.4, 0.5) is 4.39 Å². The molecule has 0 saturated carbocycles. The molecule has 1 aromatic carbocycles. The first-order chi connectivity index (χ1) is 9.67. The minimum absolute atomic E-state index is 0.200. The summed E-state index contributed by atoms with van der Waals surface area (Å²) in [5.41, 5.74) is 2.23. The maximum atomic E-state index is 13.4. The highest BCUT2D eigenvalue weighted by molar-refractivity contribution is 9.10. The quantitative estimate of drug-likeness (QED) is 0.868. The lowest BCUT2D eigenvalue weighted by Crippen LogP contribution is -2.33. The van der Waals surface area contributed by atoms with Crippen molar-refractivity contribution in [1.29, 1.82) is 0 Å². The van der Waals surface area contributed by atoms with Gasteiger partial charge in [-0.1, -0.05) is 22.9 Å². The molecule has 0 fully saturated rings. The van der Waals surface area contributed by atoms with Crippen LogP contribution in [0.1, 0.15) is 18.1 Å². The number of nitrogens with zero attached hydrogens (tertiary/aromatic N) is 1. The Morgan fingerprint density at radius 1 is 1.15 bits per heavy atom. The van der Waals surface area contributed by atoms with Gasteiger partial charge in [0, 0.05) is 22.9 Å². The van der Waals surface area contributed by atoms with Crippen LogP contribution < -0.4 is 5.32 Å². The molecule has 2 aromatic rings. The van der Waals surface area contributed by atoms with Gasteiger partial charge in [-0.2, -0.15) is 0 Å². The third-order valence-corrected chi connectivity index (χ3v) is 3.59. The summed E-state index contributed by atoms with van der Waals surface area (Å²) in [7, 11) is 0. The molecule has 1 unspecified atom stereocenters. The Hall–Kier alpha value is -1.26. The molecule has 1 aromatic heterocycles. The molecule has 1 heterocycles. The van der Waals surface area contributed by atoms with E-state index in [0.29, 0.717) is 0 Å². The van der Waals surface area contributed by atoms with Gasteiger partial charge in [-0.15, -0.1) is 0 Å². The summed E-state index contributed by atoms with van der Waals surface area (Å²) >= 11 is 3.34. The summed E-state index contributed by atoms with van der Waals surface area (Å²) in [6.07, 6.45) is 5.31. The molecule has 0 amide bonds. The van der Waals surface area contributed by atoms with E-state index in [1.54, 1.807) is 18.5 Å². The lowest BCUT2D eigenvalue weighted by Gasteiger charge is -2.18. The molecule has 0 radical (unpaired) electrons. The number of nitrogens with one attached hydrogen (secondary N) is 1. The second kappa shape index (κ2) is 7.50. The normalized spacial score (nSPS) is 12.3. The Balaban J connectivity index is 2.08. The Morgan fingerprint density at radius 2 is 1.85 bits per heavy atom. The first kappa shape index (κ1) is 15.1. The molecule has 106 valence electrons. The average molecular weight is 337 g/mol. The van der Waals surface area contributed by atoms with Gasteiger partial charge in [0.25, 0.3) is 0 Å². The van der Waals surface area contributed by atoms with Crippen molar-refractivity contribution >= 4 is 15.9 Å². The predicted molar refractivity (Wildman–Crippen MR) is 83.2 cm³/mol. The van der Waals surface area contributed by atoms with Crippen molar-refractivity contribution in [2.45, 2.75) is 25.8 Å². The van der Waals surface area contributed by atoms with Crippen molar-refractivity contribution in [3.8, 4) is 0 Å². The van der Waals surface area contributed by atoms with E-state index in [1.807, 2.05) is 18.2 Å². The Labute approximate surface area is 127 Å². The zero-order chi connectivity index (χ0) is 14.4. The van der Waals surface area contributed by atoms with E-state index >= 15 is 0 Å². The Bertz CT molecular complexity index is 525. The number of aromatic nitrogens is 1. The van der Waals surface area contributed by atoms with E-state index in [-0.39, 0.29) is 11.9 Å². The third-order valence-electron chi connectivity index (χ3n) is 3.13. The Kier molecular flexibility index (Phi) is 5.68. The van der Waals surface area contributed by atoms with E-state index in [1.165, 1.54) is 11.6 Å². The van der Waals surface area contributed by atoms with Crippen molar-refractivity contribution in [2.24, 2.45) is 0 Å². The fraction of sp³-hybridized carbons (Fsp3) is 0.312. The van der Waals surface area contributed by atoms with Crippen LogP contribution in [0, 0.1) is 5.82 Å². The number of likely N-dealkylation sites (N-methyl/N-ethyl adjacent to an activating group) is 1. The number of hydrogen-bond acceptors (Lipinski definition) is 2. The van der Waals surface area contributed by atoms with Crippen LogP contribution in [0.15, 0.2) is 47.2 Å². The first-order valence-corrected chi connectivity index (χ1v) is 7.54. The largest absolute Gasteiger partial charge is 0.314 e. The summed E-state index contributed by atoms with van der Waals surface area (Å²) < 4.78 is 14.2. The smallest absolute Gasteiger partial charge is 0.124 e. The zero-order valence-electron chi connectivity index (χ0n) is 11.4. The Morgan fingerprint density at radius 3 is 2.50 bits per heavy atom. The van der Waals surface area contributed by atoms with E-state index < -0.39 is 0 Å². The molecule has 0 saturated heterocycles. The van der Waals surface area contributed by atoms with Crippen LogP contribution in [-0.2, 0) is 12.8 Å². The third kappa shape index (κ3) is 4.69. The maximum Gasteiger partial charge on any atom is 0.124 e. The standard InChI is InChI=1S/C16H18BrFN2/c1-2-20-16(9-12-3-5-19-6-4-12)10-13-7-14(17)11-15(18)8-13/h3-8,11,16,20H,2,9-10H2,1H3. The number of pyridine rings is 1. The minimum atomic E-state index is -0.200. The van der Waals surface area contributed by atoms with Crippen molar-refractivity contribution < 1.29 is 4.39 Å². The van der Waals surface area contributed by atoms with Crippen LogP contribution in [-0.4, -0.2) is 17.6 Å². The van der Waals surface area contributed by atoms with Crippen LogP contribution in [0.5, 0.6) is 0 Å². The maximum absolute atomic E-state index is 13.4. The van der Waals surface area contributed by atoms with Crippen molar-refractivity contribution in [1.82, 2.24) is 10.3 Å². The molecule has 0 spiro atoms. The highest BCUT2D eigenvalue weighted by Gasteiger charge is 2.10.